The highest BCUT2D eigenvalue weighted by atomic mass is 35.5. The summed E-state index contributed by atoms with van der Waals surface area (Å²) in [6.07, 6.45) is 3.45. The third-order valence-corrected chi connectivity index (χ3v) is 7.23. The minimum absolute atomic E-state index is 0.0276. The molecule has 208 valence electrons. The van der Waals surface area contributed by atoms with Gasteiger partial charge in [-0.15, -0.1) is 0 Å². The summed E-state index contributed by atoms with van der Waals surface area (Å²) < 4.78 is 32.5. The Morgan fingerprint density at radius 2 is 1.98 bits per heavy atom. The Bertz CT molecular complexity index is 1720. The Labute approximate surface area is 240 Å². The molecule has 1 unspecified atom stereocenters. The van der Waals surface area contributed by atoms with Crippen LogP contribution in [0.3, 0.4) is 0 Å². The summed E-state index contributed by atoms with van der Waals surface area (Å²) in [5, 5.41) is 0.332. The molecule has 1 saturated heterocycles. The predicted octanol–water partition coefficient (Wildman–Crippen LogP) is 6.03. The number of imidazole rings is 1. The van der Waals surface area contributed by atoms with Crippen molar-refractivity contribution < 1.29 is 23.4 Å². The smallest absolute Gasteiger partial charge is 0.337 e. The fraction of sp³-hybridized carbons (Fsp3) is 0.226. The quantitative estimate of drug-likeness (QED) is 0.199. The second kappa shape index (κ2) is 11.6. The summed E-state index contributed by atoms with van der Waals surface area (Å²) in [6.45, 7) is 1.43. The summed E-state index contributed by atoms with van der Waals surface area (Å²) in [6, 6.07) is 19.1. The summed E-state index contributed by atoms with van der Waals surface area (Å²) in [4.78, 5) is 26.2. The Hall–Kier alpha value is -4.34. The lowest BCUT2D eigenvalue weighted by molar-refractivity contribution is -0.0589. The van der Waals surface area contributed by atoms with Crippen LogP contribution in [0.1, 0.15) is 33.7 Å². The van der Waals surface area contributed by atoms with Crippen LogP contribution >= 0.6 is 11.6 Å². The Morgan fingerprint density at radius 3 is 2.71 bits per heavy atom. The maximum Gasteiger partial charge on any atom is 0.337 e. The summed E-state index contributed by atoms with van der Waals surface area (Å²) in [5.74, 6) is 0.403. The van der Waals surface area contributed by atoms with Crippen molar-refractivity contribution >= 4 is 28.6 Å². The van der Waals surface area contributed by atoms with E-state index >= 15 is 0 Å². The van der Waals surface area contributed by atoms with Crippen LogP contribution in [0.2, 0.25) is 5.02 Å². The molecule has 4 heterocycles. The number of halogens is 2. The number of nitrogens with zero attached hydrogens (tertiary/aromatic N) is 4. The molecule has 6 rings (SSSR count). The van der Waals surface area contributed by atoms with Crippen molar-refractivity contribution in [1.29, 1.82) is 0 Å². The average molecular weight is 573 g/mol. The minimum Gasteiger partial charge on any atom is -0.473 e. The predicted molar refractivity (Wildman–Crippen MR) is 151 cm³/mol. The first-order chi connectivity index (χ1) is 20.0. The van der Waals surface area contributed by atoms with Crippen LogP contribution in [0.5, 0.6) is 5.88 Å². The number of hydrogen-bond acceptors (Lipinski definition) is 7. The number of hydrogen-bond donors (Lipinski definition) is 0. The van der Waals surface area contributed by atoms with Gasteiger partial charge in [-0.25, -0.2) is 19.2 Å². The van der Waals surface area contributed by atoms with Crippen LogP contribution in [0, 0.1) is 5.82 Å². The zero-order valence-corrected chi connectivity index (χ0v) is 23.0. The van der Waals surface area contributed by atoms with Gasteiger partial charge in [0.15, 0.2) is 0 Å². The lowest BCUT2D eigenvalue weighted by Gasteiger charge is -2.27. The van der Waals surface area contributed by atoms with Gasteiger partial charge in [-0.3, -0.25) is 4.98 Å². The summed E-state index contributed by atoms with van der Waals surface area (Å²) in [7, 11) is 1.37. The van der Waals surface area contributed by atoms with E-state index in [1.807, 2.05) is 36.4 Å². The highest BCUT2D eigenvalue weighted by Gasteiger charge is 2.23. The molecule has 0 radical (unpaired) electrons. The zero-order valence-electron chi connectivity index (χ0n) is 22.2. The third-order valence-electron chi connectivity index (χ3n) is 6.99. The summed E-state index contributed by atoms with van der Waals surface area (Å²) >= 11 is 5.83. The molecular formula is C31H26ClFN4O4. The van der Waals surface area contributed by atoms with E-state index in [4.69, 9.17) is 30.8 Å². The van der Waals surface area contributed by atoms with Gasteiger partial charge < -0.3 is 18.8 Å². The normalized spacial score (nSPS) is 14.6. The lowest BCUT2D eigenvalue weighted by Crippen LogP contribution is -2.31. The molecule has 3 aromatic heterocycles. The fourth-order valence-electron chi connectivity index (χ4n) is 4.68. The molecular weight excluding hydrogens is 547 g/mol. The molecule has 0 saturated carbocycles. The SMILES string of the molecule is COC(=O)c1ccc2nc(Cc3ccc(-c4cccc(OCc5ccc(Cl)cc5F)n4)nc3)n(CC3CCO3)c2c1. The van der Waals surface area contributed by atoms with Gasteiger partial charge in [-0.2, -0.15) is 0 Å². The van der Waals surface area contributed by atoms with E-state index in [0.29, 0.717) is 46.4 Å². The second-order valence-corrected chi connectivity index (χ2v) is 10.2. The van der Waals surface area contributed by atoms with Crippen molar-refractivity contribution in [3.05, 3.63) is 106 Å². The number of aromatic nitrogens is 4. The Balaban J connectivity index is 1.20. The number of pyridine rings is 2. The van der Waals surface area contributed by atoms with Gasteiger partial charge >= 0.3 is 5.97 Å². The van der Waals surface area contributed by atoms with Crippen LogP contribution in [0.4, 0.5) is 4.39 Å². The van der Waals surface area contributed by atoms with Gasteiger partial charge in [-0.05, 0) is 54.4 Å². The third kappa shape index (κ3) is 5.91. The van der Waals surface area contributed by atoms with Crippen LogP contribution < -0.4 is 4.74 Å². The molecule has 1 aliphatic rings. The Morgan fingerprint density at radius 1 is 1.10 bits per heavy atom. The first-order valence-corrected chi connectivity index (χ1v) is 13.5. The molecule has 41 heavy (non-hydrogen) atoms. The fourth-order valence-corrected chi connectivity index (χ4v) is 4.84. The monoisotopic (exact) mass is 572 g/mol. The maximum absolute atomic E-state index is 14.1. The number of fused-ring (bicyclic) bond motifs is 1. The molecule has 0 aliphatic carbocycles. The molecule has 8 nitrogen and oxygen atoms in total. The number of carbonyl (C=O) groups is 1. The van der Waals surface area contributed by atoms with Crippen molar-refractivity contribution in [3.63, 3.8) is 0 Å². The number of carbonyl (C=O) groups excluding carboxylic acids is 1. The molecule has 2 aromatic carbocycles. The molecule has 5 aromatic rings. The first-order valence-electron chi connectivity index (χ1n) is 13.1. The Kier molecular flexibility index (Phi) is 7.63. The van der Waals surface area contributed by atoms with Crippen LogP contribution in [-0.2, 0) is 29.0 Å². The molecule has 0 spiro atoms. The number of benzene rings is 2. The molecule has 0 amide bonds. The van der Waals surface area contributed by atoms with Crippen molar-refractivity contribution in [2.45, 2.75) is 32.1 Å². The van der Waals surface area contributed by atoms with Crippen molar-refractivity contribution in [2.24, 2.45) is 0 Å². The summed E-state index contributed by atoms with van der Waals surface area (Å²) in [5.41, 5.74) is 4.81. The van der Waals surface area contributed by atoms with Crippen LogP contribution in [-0.4, -0.2) is 45.3 Å². The number of rotatable bonds is 9. The van der Waals surface area contributed by atoms with Crippen LogP contribution in [0.25, 0.3) is 22.4 Å². The van der Waals surface area contributed by atoms with Gasteiger partial charge in [0.1, 0.15) is 18.2 Å². The molecule has 0 N–H and O–H groups in total. The van der Waals surface area contributed by atoms with Crippen molar-refractivity contribution in [1.82, 2.24) is 19.5 Å². The average Bonchev–Trinajstić information content (AvgIpc) is 3.30. The zero-order chi connectivity index (χ0) is 28.3. The molecule has 1 atom stereocenters. The first kappa shape index (κ1) is 26.9. The largest absolute Gasteiger partial charge is 0.473 e. The topological polar surface area (TPSA) is 88.4 Å². The van der Waals surface area contributed by atoms with E-state index in [2.05, 4.69) is 14.5 Å². The number of esters is 1. The van der Waals surface area contributed by atoms with Gasteiger partial charge in [0.2, 0.25) is 5.88 Å². The van der Waals surface area contributed by atoms with Gasteiger partial charge in [-0.1, -0.05) is 29.8 Å². The van der Waals surface area contributed by atoms with Crippen LogP contribution in [0.15, 0.2) is 72.9 Å². The highest BCUT2D eigenvalue weighted by Crippen LogP contribution is 2.25. The molecule has 10 heteroatoms. The molecule has 1 aliphatic heterocycles. The second-order valence-electron chi connectivity index (χ2n) is 9.73. The van der Waals surface area contributed by atoms with Crippen molar-refractivity contribution in [2.75, 3.05) is 13.7 Å². The minimum atomic E-state index is -0.427. The number of methoxy groups -OCH3 is 1. The number of ether oxygens (including phenoxy) is 3. The maximum atomic E-state index is 14.1. The highest BCUT2D eigenvalue weighted by molar-refractivity contribution is 6.30. The van der Waals surface area contributed by atoms with E-state index in [1.54, 1.807) is 30.5 Å². The van der Waals surface area contributed by atoms with Gasteiger partial charge in [0, 0.05) is 35.9 Å². The van der Waals surface area contributed by atoms with E-state index in [9.17, 15) is 9.18 Å². The van der Waals surface area contributed by atoms with E-state index in [0.717, 1.165) is 35.4 Å². The van der Waals surface area contributed by atoms with E-state index < -0.39 is 5.82 Å². The van der Waals surface area contributed by atoms with Crippen molar-refractivity contribution in [3.8, 4) is 17.3 Å². The molecule has 1 fully saturated rings. The standard InChI is InChI=1S/C31H26ClFN4O4/c1-39-31(38)20-7-10-27-28(14-20)37(17-23-11-12-40-23)29(35-27)13-19-5-9-25(34-16-19)26-3-2-4-30(36-26)41-18-21-6-8-22(32)15-24(21)33/h2-10,14-16,23H,11-13,17-18H2,1H3. The lowest BCUT2D eigenvalue weighted by atomic mass is 10.1. The van der Waals surface area contributed by atoms with Gasteiger partial charge in [0.05, 0.1) is 47.7 Å². The van der Waals surface area contributed by atoms with Gasteiger partial charge in [0.25, 0.3) is 0 Å². The van der Waals surface area contributed by atoms with E-state index in [-0.39, 0.29) is 18.7 Å². The molecule has 0 bridgehead atoms. The van der Waals surface area contributed by atoms with E-state index in [1.165, 1.54) is 13.2 Å².